The highest BCUT2D eigenvalue weighted by molar-refractivity contribution is 6.30. The number of aromatic nitrogens is 1. The molecule has 0 saturated heterocycles. The second-order valence-corrected chi connectivity index (χ2v) is 2.46. The van der Waals surface area contributed by atoms with E-state index in [1.807, 2.05) is 0 Å². The van der Waals surface area contributed by atoms with Gasteiger partial charge in [-0.25, -0.2) is 0 Å². The van der Waals surface area contributed by atoms with Crippen molar-refractivity contribution in [3.05, 3.63) is 33.2 Å². The van der Waals surface area contributed by atoms with Gasteiger partial charge in [0.25, 0.3) is 5.56 Å². The van der Waals surface area contributed by atoms with Crippen LogP contribution in [0.1, 0.15) is 5.56 Å². The van der Waals surface area contributed by atoms with Crippen LogP contribution in [-0.4, -0.2) is 11.3 Å². The number of pyridine rings is 1. The zero-order valence-corrected chi connectivity index (χ0v) is 6.39. The first-order chi connectivity index (χ1) is 5.24. The van der Waals surface area contributed by atoms with Crippen LogP contribution >= 0.6 is 11.6 Å². The molecule has 4 heteroatoms. The second-order valence-electron chi connectivity index (χ2n) is 2.06. The number of hydrogen-bond acceptors (Lipinski definition) is 2. The summed E-state index contributed by atoms with van der Waals surface area (Å²) in [5, 5.41) is 0.115. The fourth-order valence-corrected chi connectivity index (χ4v) is 0.906. The van der Waals surface area contributed by atoms with Crippen molar-refractivity contribution in [1.29, 1.82) is 0 Å². The van der Waals surface area contributed by atoms with Crippen molar-refractivity contribution in [2.75, 3.05) is 0 Å². The molecule has 58 valence electrons. The van der Waals surface area contributed by atoms with Crippen molar-refractivity contribution in [3.63, 3.8) is 0 Å². The molecule has 0 radical (unpaired) electrons. The molecule has 1 heterocycles. The molecule has 0 aliphatic carbocycles. The standard InChI is InChI=1S/C7H6ClNO2/c8-6-3-5(1-2-10)4-9-7(6)11/h2-4H,1H2,(H,9,11). The van der Waals surface area contributed by atoms with Gasteiger partial charge in [-0.2, -0.15) is 0 Å². The van der Waals surface area contributed by atoms with Crippen molar-refractivity contribution >= 4 is 17.9 Å². The van der Waals surface area contributed by atoms with Gasteiger partial charge in [-0.1, -0.05) is 11.6 Å². The van der Waals surface area contributed by atoms with Crippen molar-refractivity contribution in [3.8, 4) is 0 Å². The summed E-state index contributed by atoms with van der Waals surface area (Å²) in [6, 6.07) is 1.48. The van der Waals surface area contributed by atoms with Gasteiger partial charge in [0.05, 0.1) is 0 Å². The first kappa shape index (κ1) is 8.01. The minimum absolute atomic E-state index is 0.115. The van der Waals surface area contributed by atoms with Crippen LogP contribution < -0.4 is 5.56 Å². The number of nitrogens with one attached hydrogen (secondary N) is 1. The smallest absolute Gasteiger partial charge is 0.266 e. The lowest BCUT2D eigenvalue weighted by molar-refractivity contribution is -0.107. The molecule has 1 aromatic heterocycles. The van der Waals surface area contributed by atoms with Gasteiger partial charge >= 0.3 is 0 Å². The molecule has 11 heavy (non-hydrogen) atoms. The molecule has 1 rings (SSSR count). The fraction of sp³-hybridized carbons (Fsp3) is 0.143. The number of halogens is 1. The van der Waals surface area contributed by atoms with E-state index in [1.165, 1.54) is 12.3 Å². The van der Waals surface area contributed by atoms with E-state index in [4.69, 9.17) is 11.6 Å². The van der Waals surface area contributed by atoms with Gasteiger partial charge in [0.2, 0.25) is 0 Å². The van der Waals surface area contributed by atoms with Gasteiger partial charge < -0.3 is 9.78 Å². The third-order valence-corrected chi connectivity index (χ3v) is 1.52. The third kappa shape index (κ3) is 1.91. The number of hydrogen-bond donors (Lipinski definition) is 1. The Kier molecular flexibility index (Phi) is 2.44. The fourth-order valence-electron chi connectivity index (χ4n) is 0.711. The van der Waals surface area contributed by atoms with E-state index in [-0.39, 0.29) is 17.0 Å². The van der Waals surface area contributed by atoms with Crippen molar-refractivity contribution in [2.45, 2.75) is 6.42 Å². The summed E-state index contributed by atoms with van der Waals surface area (Å²) in [4.78, 5) is 23.1. The molecule has 0 aromatic carbocycles. The molecule has 1 N–H and O–H groups in total. The number of aromatic amines is 1. The molecule has 0 saturated carbocycles. The maximum atomic E-state index is 10.7. The normalized spacial score (nSPS) is 9.55. The average Bonchev–Trinajstić information content (AvgIpc) is 1.98. The number of rotatable bonds is 2. The van der Waals surface area contributed by atoms with Crippen LogP contribution in [0.3, 0.4) is 0 Å². The maximum Gasteiger partial charge on any atom is 0.266 e. The predicted molar refractivity (Wildman–Crippen MR) is 41.8 cm³/mol. The summed E-state index contributed by atoms with van der Waals surface area (Å²) in [7, 11) is 0. The van der Waals surface area contributed by atoms with Crippen LogP contribution in [0.15, 0.2) is 17.1 Å². The molecule has 0 fully saturated rings. The number of carbonyl (C=O) groups excluding carboxylic acids is 1. The van der Waals surface area contributed by atoms with Crippen LogP contribution in [0.25, 0.3) is 0 Å². The Bertz CT molecular complexity index is 318. The molecule has 0 aliphatic rings. The van der Waals surface area contributed by atoms with E-state index in [0.29, 0.717) is 5.56 Å². The SMILES string of the molecule is O=CCc1c[nH]c(=O)c(Cl)c1. The zero-order chi connectivity index (χ0) is 8.27. The van der Waals surface area contributed by atoms with Crippen LogP contribution in [0.5, 0.6) is 0 Å². The largest absolute Gasteiger partial charge is 0.328 e. The van der Waals surface area contributed by atoms with Crippen molar-refractivity contribution in [1.82, 2.24) is 4.98 Å². The van der Waals surface area contributed by atoms with Gasteiger partial charge in [0.1, 0.15) is 11.3 Å². The van der Waals surface area contributed by atoms with Gasteiger partial charge in [0, 0.05) is 12.6 Å². The Hall–Kier alpha value is -1.09. The Morgan fingerprint density at radius 2 is 2.36 bits per heavy atom. The highest BCUT2D eigenvalue weighted by Gasteiger charge is 1.96. The first-order valence-electron chi connectivity index (χ1n) is 3.05. The zero-order valence-electron chi connectivity index (χ0n) is 5.63. The van der Waals surface area contributed by atoms with Gasteiger partial charge in [0.15, 0.2) is 0 Å². The van der Waals surface area contributed by atoms with E-state index in [9.17, 15) is 9.59 Å². The first-order valence-corrected chi connectivity index (χ1v) is 3.42. The van der Waals surface area contributed by atoms with Crippen LogP contribution in [0.4, 0.5) is 0 Å². The van der Waals surface area contributed by atoms with Gasteiger partial charge in [-0.15, -0.1) is 0 Å². The summed E-state index contributed by atoms with van der Waals surface area (Å²) in [6.45, 7) is 0. The molecule has 0 bridgehead atoms. The third-order valence-electron chi connectivity index (χ3n) is 1.24. The van der Waals surface area contributed by atoms with Crippen LogP contribution in [0, 0.1) is 0 Å². The molecule has 0 atom stereocenters. The minimum Gasteiger partial charge on any atom is -0.328 e. The summed E-state index contributed by atoms with van der Waals surface area (Å²) in [6.07, 6.45) is 2.50. The molecule has 0 aliphatic heterocycles. The highest BCUT2D eigenvalue weighted by atomic mass is 35.5. The van der Waals surface area contributed by atoms with E-state index in [2.05, 4.69) is 4.98 Å². The monoisotopic (exact) mass is 171 g/mol. The second kappa shape index (κ2) is 3.34. The van der Waals surface area contributed by atoms with Gasteiger partial charge in [-0.05, 0) is 11.6 Å². The Labute approximate surface area is 68.0 Å². The van der Waals surface area contributed by atoms with Gasteiger partial charge in [-0.3, -0.25) is 4.79 Å². The molecule has 0 unspecified atom stereocenters. The minimum atomic E-state index is -0.332. The van der Waals surface area contributed by atoms with E-state index in [0.717, 1.165) is 6.29 Å². The average molecular weight is 172 g/mol. The number of carbonyl (C=O) groups is 1. The Morgan fingerprint density at radius 3 is 2.91 bits per heavy atom. The number of H-pyrrole nitrogens is 1. The lowest BCUT2D eigenvalue weighted by Gasteiger charge is -1.93. The topological polar surface area (TPSA) is 49.9 Å². The lowest BCUT2D eigenvalue weighted by atomic mass is 10.2. The maximum absolute atomic E-state index is 10.7. The van der Waals surface area contributed by atoms with Crippen LogP contribution in [0.2, 0.25) is 5.02 Å². The summed E-state index contributed by atoms with van der Waals surface area (Å²) < 4.78 is 0. The number of aldehydes is 1. The molecular formula is C7H6ClNO2. The van der Waals surface area contributed by atoms with E-state index < -0.39 is 0 Å². The molecule has 1 aromatic rings. The van der Waals surface area contributed by atoms with E-state index in [1.54, 1.807) is 0 Å². The molecule has 3 nitrogen and oxygen atoms in total. The predicted octanol–water partition coefficient (Wildman–Crippen LogP) is 0.770. The highest BCUT2D eigenvalue weighted by Crippen LogP contribution is 2.03. The summed E-state index contributed by atoms with van der Waals surface area (Å²) >= 11 is 5.49. The quantitative estimate of drug-likeness (QED) is 0.669. The summed E-state index contributed by atoms with van der Waals surface area (Å²) in [5.41, 5.74) is 0.380. The van der Waals surface area contributed by atoms with E-state index >= 15 is 0 Å². The Balaban J connectivity index is 3.04. The molecule has 0 amide bonds. The van der Waals surface area contributed by atoms with Crippen molar-refractivity contribution < 1.29 is 4.79 Å². The lowest BCUT2D eigenvalue weighted by Crippen LogP contribution is -2.06. The van der Waals surface area contributed by atoms with Crippen molar-refractivity contribution in [2.24, 2.45) is 0 Å². The Morgan fingerprint density at radius 1 is 1.64 bits per heavy atom. The molecular weight excluding hydrogens is 166 g/mol. The molecule has 0 spiro atoms. The summed E-state index contributed by atoms with van der Waals surface area (Å²) in [5.74, 6) is 0. The van der Waals surface area contributed by atoms with Crippen LogP contribution in [-0.2, 0) is 11.2 Å².